The van der Waals surface area contributed by atoms with Gasteiger partial charge in [0.25, 0.3) is 0 Å². The van der Waals surface area contributed by atoms with Gasteiger partial charge >= 0.3 is 0 Å². The van der Waals surface area contributed by atoms with Gasteiger partial charge in [0.2, 0.25) is 5.88 Å². The first kappa shape index (κ1) is 17.6. The second-order valence-electron chi connectivity index (χ2n) is 6.94. The number of rotatable bonds is 5. The van der Waals surface area contributed by atoms with Gasteiger partial charge in [-0.25, -0.2) is 14.4 Å². The molecular weight excluding hydrogens is 345 g/mol. The molecule has 3 heterocycles. The molecule has 140 valence electrons. The molecule has 27 heavy (non-hydrogen) atoms. The highest BCUT2D eigenvalue weighted by molar-refractivity contribution is 5.28. The average Bonchev–Trinajstić information content (AvgIpc) is 3.27. The van der Waals surface area contributed by atoms with Crippen molar-refractivity contribution in [3.63, 3.8) is 0 Å². The summed E-state index contributed by atoms with van der Waals surface area (Å²) >= 11 is 0. The first-order valence-corrected chi connectivity index (χ1v) is 9.04. The van der Waals surface area contributed by atoms with E-state index in [2.05, 4.69) is 19.9 Å². The Morgan fingerprint density at radius 1 is 1.22 bits per heavy atom. The Morgan fingerprint density at radius 2 is 2.04 bits per heavy atom. The fraction of sp³-hybridized carbons (Fsp3) is 0.350. The molecule has 1 aliphatic rings. The molecule has 2 aromatic heterocycles. The Hall–Kier alpha value is -2.80. The number of ether oxygens (including phenoxy) is 1. The average molecular weight is 367 g/mol. The van der Waals surface area contributed by atoms with Gasteiger partial charge in [-0.3, -0.25) is 4.90 Å². The van der Waals surface area contributed by atoms with Gasteiger partial charge in [-0.1, -0.05) is 0 Å². The Bertz CT molecular complexity index is 924. The zero-order valence-corrected chi connectivity index (χ0v) is 15.5. The van der Waals surface area contributed by atoms with Crippen molar-refractivity contribution in [3.05, 3.63) is 65.9 Å². The predicted molar refractivity (Wildman–Crippen MR) is 99.1 cm³/mol. The van der Waals surface area contributed by atoms with E-state index in [0.29, 0.717) is 11.6 Å². The van der Waals surface area contributed by atoms with Crippen molar-refractivity contribution < 1.29 is 9.13 Å². The molecule has 7 heteroatoms. The third-order valence-corrected chi connectivity index (χ3v) is 4.81. The molecule has 0 bridgehead atoms. The summed E-state index contributed by atoms with van der Waals surface area (Å²) in [5, 5.41) is 0. The van der Waals surface area contributed by atoms with Crippen LogP contribution >= 0.6 is 0 Å². The van der Waals surface area contributed by atoms with Crippen LogP contribution in [0.25, 0.3) is 0 Å². The number of imidazole rings is 1. The molecule has 0 amide bonds. The number of hydrogen-bond acceptors (Lipinski definition) is 5. The molecule has 0 radical (unpaired) electrons. The first-order chi connectivity index (χ1) is 13.1. The van der Waals surface area contributed by atoms with Crippen molar-refractivity contribution in [2.45, 2.75) is 25.8 Å². The number of halogens is 1. The summed E-state index contributed by atoms with van der Waals surface area (Å²) in [6, 6.07) is 7.73. The molecule has 0 spiro atoms. The molecule has 4 rings (SSSR count). The van der Waals surface area contributed by atoms with Crippen molar-refractivity contribution in [2.24, 2.45) is 7.05 Å². The van der Waals surface area contributed by atoms with Gasteiger partial charge in [0.05, 0.1) is 6.54 Å². The number of nitrogens with zero attached hydrogens (tertiary/aromatic N) is 5. The zero-order chi connectivity index (χ0) is 18.8. The fourth-order valence-electron chi connectivity index (χ4n) is 3.36. The SMILES string of the molecule is Cc1cc(Oc2ccc(F)cc2)nc([C@H]2CCN(Cc3nccn3C)C2)n1. The summed E-state index contributed by atoms with van der Waals surface area (Å²) in [4.78, 5) is 16.0. The monoisotopic (exact) mass is 367 g/mol. The molecule has 3 aromatic rings. The zero-order valence-electron chi connectivity index (χ0n) is 15.5. The van der Waals surface area contributed by atoms with Crippen molar-refractivity contribution in [2.75, 3.05) is 13.1 Å². The molecule has 0 unspecified atom stereocenters. The van der Waals surface area contributed by atoms with E-state index < -0.39 is 0 Å². The van der Waals surface area contributed by atoms with Crippen molar-refractivity contribution in [3.8, 4) is 11.6 Å². The maximum absolute atomic E-state index is 13.1. The molecule has 0 saturated carbocycles. The lowest BCUT2D eigenvalue weighted by Gasteiger charge is -2.16. The summed E-state index contributed by atoms with van der Waals surface area (Å²) in [7, 11) is 2.01. The highest BCUT2D eigenvalue weighted by Gasteiger charge is 2.27. The van der Waals surface area contributed by atoms with Crippen LogP contribution in [0.3, 0.4) is 0 Å². The maximum atomic E-state index is 13.1. The minimum absolute atomic E-state index is 0.265. The molecular formula is C20H22FN5O. The summed E-state index contributed by atoms with van der Waals surface area (Å²) in [6.45, 7) is 4.64. The van der Waals surface area contributed by atoms with Crippen molar-refractivity contribution in [1.29, 1.82) is 0 Å². The molecule has 6 nitrogen and oxygen atoms in total. The Balaban J connectivity index is 1.46. The Morgan fingerprint density at radius 3 is 2.78 bits per heavy atom. The van der Waals surface area contributed by atoms with Crippen LogP contribution in [0.1, 0.15) is 29.7 Å². The lowest BCUT2D eigenvalue weighted by Crippen LogP contribution is -2.22. The molecule has 1 aromatic carbocycles. The van der Waals surface area contributed by atoms with Gasteiger partial charge in [-0.2, -0.15) is 4.98 Å². The van der Waals surface area contributed by atoms with Crippen LogP contribution in [0.2, 0.25) is 0 Å². The van der Waals surface area contributed by atoms with E-state index in [1.54, 1.807) is 18.2 Å². The van der Waals surface area contributed by atoms with E-state index in [9.17, 15) is 4.39 Å². The number of aromatic nitrogens is 4. The summed E-state index contributed by atoms with van der Waals surface area (Å²) < 4.78 is 20.9. The third kappa shape index (κ3) is 4.14. The van der Waals surface area contributed by atoms with Crippen LogP contribution in [0.5, 0.6) is 11.6 Å². The minimum atomic E-state index is -0.291. The predicted octanol–water partition coefficient (Wildman–Crippen LogP) is 3.44. The molecule has 1 aliphatic heterocycles. The summed E-state index contributed by atoms with van der Waals surface area (Å²) in [5.41, 5.74) is 0.861. The van der Waals surface area contributed by atoms with Gasteiger partial charge in [0.1, 0.15) is 23.2 Å². The van der Waals surface area contributed by atoms with E-state index in [1.807, 2.05) is 30.9 Å². The lowest BCUT2D eigenvalue weighted by atomic mass is 10.1. The summed E-state index contributed by atoms with van der Waals surface area (Å²) in [5.74, 6) is 2.88. The van der Waals surface area contributed by atoms with E-state index in [4.69, 9.17) is 4.74 Å². The van der Waals surface area contributed by atoms with Crippen LogP contribution in [-0.4, -0.2) is 37.5 Å². The van der Waals surface area contributed by atoms with Gasteiger partial charge in [-0.15, -0.1) is 0 Å². The quantitative estimate of drug-likeness (QED) is 0.691. The molecule has 1 saturated heterocycles. The van der Waals surface area contributed by atoms with Crippen molar-refractivity contribution >= 4 is 0 Å². The largest absolute Gasteiger partial charge is 0.439 e. The van der Waals surface area contributed by atoms with E-state index in [1.165, 1.54) is 12.1 Å². The third-order valence-electron chi connectivity index (χ3n) is 4.81. The highest BCUT2D eigenvalue weighted by atomic mass is 19.1. The smallest absolute Gasteiger partial charge is 0.222 e. The minimum Gasteiger partial charge on any atom is -0.439 e. The molecule has 0 N–H and O–H groups in total. The highest BCUT2D eigenvalue weighted by Crippen LogP contribution is 2.28. The molecule has 1 fully saturated rings. The van der Waals surface area contributed by atoms with Crippen LogP contribution in [0.15, 0.2) is 42.7 Å². The normalized spacial score (nSPS) is 17.4. The number of aryl methyl sites for hydroxylation is 2. The fourth-order valence-corrected chi connectivity index (χ4v) is 3.36. The van der Waals surface area contributed by atoms with Crippen LogP contribution in [0.4, 0.5) is 4.39 Å². The topological polar surface area (TPSA) is 56.1 Å². The standard InChI is InChI=1S/C20H22FN5O/c1-14-11-19(27-17-5-3-16(21)4-6-17)24-20(23-14)15-7-9-26(12-15)13-18-22-8-10-25(18)2/h3-6,8,10-11,15H,7,9,12-13H2,1-2H3/t15-/m0/s1. The number of likely N-dealkylation sites (tertiary alicyclic amines) is 1. The maximum Gasteiger partial charge on any atom is 0.222 e. The Labute approximate surface area is 157 Å². The van der Waals surface area contributed by atoms with Crippen LogP contribution in [-0.2, 0) is 13.6 Å². The number of benzene rings is 1. The Kier molecular flexibility index (Phi) is 4.85. The number of hydrogen-bond donors (Lipinski definition) is 0. The van der Waals surface area contributed by atoms with Crippen LogP contribution in [0, 0.1) is 12.7 Å². The van der Waals surface area contributed by atoms with Gasteiger partial charge in [0.15, 0.2) is 0 Å². The molecule has 0 aliphatic carbocycles. The second kappa shape index (κ2) is 7.44. The van der Waals surface area contributed by atoms with E-state index in [0.717, 1.165) is 43.4 Å². The van der Waals surface area contributed by atoms with Gasteiger partial charge in [-0.05, 0) is 44.2 Å². The van der Waals surface area contributed by atoms with Gasteiger partial charge in [0, 0.05) is 43.7 Å². The van der Waals surface area contributed by atoms with Gasteiger partial charge < -0.3 is 9.30 Å². The van der Waals surface area contributed by atoms with Crippen LogP contribution < -0.4 is 4.74 Å². The van der Waals surface area contributed by atoms with E-state index >= 15 is 0 Å². The summed E-state index contributed by atoms with van der Waals surface area (Å²) in [6.07, 6.45) is 4.79. The first-order valence-electron chi connectivity index (χ1n) is 9.04. The van der Waals surface area contributed by atoms with E-state index in [-0.39, 0.29) is 11.7 Å². The molecule has 1 atom stereocenters. The van der Waals surface area contributed by atoms with Crippen molar-refractivity contribution in [1.82, 2.24) is 24.4 Å². The second-order valence-corrected chi connectivity index (χ2v) is 6.94. The lowest BCUT2D eigenvalue weighted by molar-refractivity contribution is 0.313.